The van der Waals surface area contributed by atoms with Crippen LogP contribution >= 0.6 is 0 Å². The van der Waals surface area contributed by atoms with Gasteiger partial charge < -0.3 is 19.5 Å². The van der Waals surface area contributed by atoms with Crippen LogP contribution in [-0.2, 0) is 6.54 Å². The Bertz CT molecular complexity index is 977. The molecule has 0 spiro atoms. The predicted octanol–water partition coefficient (Wildman–Crippen LogP) is 3.81. The Kier molecular flexibility index (Phi) is 5.97. The van der Waals surface area contributed by atoms with Crippen molar-refractivity contribution in [3.8, 4) is 17.1 Å². The summed E-state index contributed by atoms with van der Waals surface area (Å²) in [5.74, 6) is 1.76. The van der Waals surface area contributed by atoms with Crippen LogP contribution in [0.15, 0.2) is 55.0 Å². The highest BCUT2D eigenvalue weighted by molar-refractivity contribution is 5.74. The number of likely N-dealkylation sites (tertiary alicyclic amines) is 1. The molecule has 1 aliphatic rings. The standard InChI is InChI=1S/C23H27N5O2/c1-17-14-25-22(19-4-3-11-24-16-19)28(17)20-9-12-27(13-10-20)23(29)26-15-18-5-7-21(30-2)8-6-18/h3-8,11,14,16,20H,9-10,12-13,15H2,1-2H3,(H,26,29). The fourth-order valence-electron chi connectivity index (χ4n) is 3.98. The third-order valence-corrected chi connectivity index (χ3v) is 5.62. The molecule has 1 N–H and O–H groups in total. The van der Waals surface area contributed by atoms with Gasteiger partial charge in [-0.2, -0.15) is 0 Å². The lowest BCUT2D eigenvalue weighted by Gasteiger charge is -2.34. The van der Waals surface area contributed by atoms with Gasteiger partial charge in [-0.05, 0) is 49.6 Å². The van der Waals surface area contributed by atoms with Crippen LogP contribution in [0.5, 0.6) is 5.75 Å². The normalized spacial score (nSPS) is 14.5. The van der Waals surface area contributed by atoms with E-state index in [0.717, 1.165) is 54.3 Å². The number of benzene rings is 1. The van der Waals surface area contributed by atoms with Crippen LogP contribution in [0.4, 0.5) is 4.79 Å². The largest absolute Gasteiger partial charge is 0.497 e. The van der Waals surface area contributed by atoms with Gasteiger partial charge in [0.1, 0.15) is 11.6 Å². The van der Waals surface area contributed by atoms with Crippen LogP contribution in [0.1, 0.15) is 30.1 Å². The van der Waals surface area contributed by atoms with E-state index in [9.17, 15) is 4.79 Å². The molecule has 7 heteroatoms. The van der Waals surface area contributed by atoms with Crippen molar-refractivity contribution < 1.29 is 9.53 Å². The molecule has 1 saturated heterocycles. The number of pyridine rings is 1. The summed E-state index contributed by atoms with van der Waals surface area (Å²) in [5.41, 5.74) is 3.20. The highest BCUT2D eigenvalue weighted by Crippen LogP contribution is 2.29. The highest BCUT2D eigenvalue weighted by Gasteiger charge is 2.26. The first-order chi connectivity index (χ1) is 14.7. The van der Waals surface area contributed by atoms with Crippen LogP contribution in [0.3, 0.4) is 0 Å². The monoisotopic (exact) mass is 405 g/mol. The van der Waals surface area contributed by atoms with E-state index < -0.39 is 0 Å². The van der Waals surface area contributed by atoms with Crippen LogP contribution < -0.4 is 10.1 Å². The minimum Gasteiger partial charge on any atom is -0.497 e. The minimum absolute atomic E-state index is 0.0147. The Morgan fingerprint density at radius 2 is 1.93 bits per heavy atom. The first-order valence-corrected chi connectivity index (χ1v) is 10.3. The molecule has 0 bridgehead atoms. The average molecular weight is 406 g/mol. The molecule has 4 rings (SSSR count). The zero-order valence-electron chi connectivity index (χ0n) is 17.4. The number of urea groups is 1. The molecular weight excluding hydrogens is 378 g/mol. The molecule has 7 nitrogen and oxygen atoms in total. The summed E-state index contributed by atoms with van der Waals surface area (Å²) >= 11 is 0. The number of amides is 2. The molecule has 156 valence electrons. The van der Waals surface area contributed by atoms with Crippen LogP contribution in [0.2, 0.25) is 0 Å². The third kappa shape index (κ3) is 4.30. The van der Waals surface area contributed by atoms with E-state index in [1.54, 1.807) is 13.3 Å². The summed E-state index contributed by atoms with van der Waals surface area (Å²) in [6.07, 6.45) is 7.34. The number of hydrogen-bond acceptors (Lipinski definition) is 4. The van der Waals surface area contributed by atoms with E-state index in [2.05, 4.69) is 26.8 Å². The number of carbonyl (C=O) groups excluding carboxylic acids is 1. The maximum absolute atomic E-state index is 12.6. The van der Waals surface area contributed by atoms with Gasteiger partial charge in [0.05, 0.1) is 7.11 Å². The van der Waals surface area contributed by atoms with Crippen molar-refractivity contribution in [1.29, 1.82) is 0 Å². The van der Waals surface area contributed by atoms with Crippen molar-refractivity contribution in [3.63, 3.8) is 0 Å². The van der Waals surface area contributed by atoms with Gasteiger partial charge >= 0.3 is 6.03 Å². The van der Waals surface area contributed by atoms with E-state index in [1.165, 1.54) is 0 Å². The number of rotatable bonds is 5. The molecule has 1 fully saturated rings. The second-order valence-electron chi connectivity index (χ2n) is 7.56. The van der Waals surface area contributed by atoms with E-state index in [-0.39, 0.29) is 6.03 Å². The molecule has 0 atom stereocenters. The number of piperidine rings is 1. The lowest BCUT2D eigenvalue weighted by Crippen LogP contribution is -2.44. The number of nitrogens with one attached hydrogen (secondary N) is 1. The van der Waals surface area contributed by atoms with Crippen molar-refractivity contribution in [2.75, 3.05) is 20.2 Å². The molecular formula is C23H27N5O2. The zero-order chi connectivity index (χ0) is 20.9. The number of carbonyl (C=O) groups is 1. The molecule has 0 radical (unpaired) electrons. The molecule has 1 aromatic carbocycles. The Morgan fingerprint density at radius 3 is 2.60 bits per heavy atom. The molecule has 3 heterocycles. The van der Waals surface area contributed by atoms with Crippen LogP contribution in [0, 0.1) is 6.92 Å². The van der Waals surface area contributed by atoms with Gasteiger partial charge in [-0.1, -0.05) is 12.1 Å². The lowest BCUT2D eigenvalue weighted by molar-refractivity contribution is 0.171. The SMILES string of the molecule is COc1ccc(CNC(=O)N2CCC(n3c(C)cnc3-c3cccnc3)CC2)cc1. The second kappa shape index (κ2) is 8.98. The van der Waals surface area contributed by atoms with Crippen molar-refractivity contribution in [3.05, 3.63) is 66.2 Å². The fourth-order valence-corrected chi connectivity index (χ4v) is 3.98. The maximum atomic E-state index is 12.6. The Morgan fingerprint density at radius 1 is 1.17 bits per heavy atom. The molecule has 0 unspecified atom stereocenters. The number of aryl methyl sites for hydroxylation is 1. The molecule has 1 aliphatic heterocycles. The van der Waals surface area contributed by atoms with Gasteiger partial charge in [-0.25, -0.2) is 9.78 Å². The first-order valence-electron chi connectivity index (χ1n) is 10.3. The van der Waals surface area contributed by atoms with Gasteiger partial charge in [0.25, 0.3) is 0 Å². The fraction of sp³-hybridized carbons (Fsp3) is 0.348. The van der Waals surface area contributed by atoms with Crippen molar-refractivity contribution in [2.45, 2.75) is 32.4 Å². The maximum Gasteiger partial charge on any atom is 0.317 e. The molecule has 3 aromatic rings. The minimum atomic E-state index is -0.0147. The summed E-state index contributed by atoms with van der Waals surface area (Å²) in [4.78, 5) is 23.3. The number of nitrogens with zero attached hydrogens (tertiary/aromatic N) is 4. The number of hydrogen-bond donors (Lipinski definition) is 1. The average Bonchev–Trinajstić information content (AvgIpc) is 3.20. The van der Waals surface area contributed by atoms with Crippen molar-refractivity contribution in [2.24, 2.45) is 0 Å². The number of ether oxygens (including phenoxy) is 1. The first kappa shape index (κ1) is 19.9. The van der Waals surface area contributed by atoms with Gasteiger partial charge in [-0.3, -0.25) is 4.98 Å². The summed E-state index contributed by atoms with van der Waals surface area (Å²) in [6, 6.07) is 12.0. The Balaban J connectivity index is 1.35. The molecule has 0 saturated carbocycles. The van der Waals surface area contributed by atoms with Gasteiger partial charge in [-0.15, -0.1) is 0 Å². The zero-order valence-corrected chi connectivity index (χ0v) is 17.4. The second-order valence-corrected chi connectivity index (χ2v) is 7.56. The van der Waals surface area contributed by atoms with E-state index >= 15 is 0 Å². The third-order valence-electron chi connectivity index (χ3n) is 5.62. The Hall–Kier alpha value is -3.35. The summed E-state index contributed by atoms with van der Waals surface area (Å²) in [6.45, 7) is 4.04. The highest BCUT2D eigenvalue weighted by atomic mass is 16.5. The van der Waals surface area contributed by atoms with Crippen molar-refractivity contribution in [1.82, 2.24) is 24.8 Å². The summed E-state index contributed by atoms with van der Waals surface area (Å²) in [7, 11) is 1.64. The predicted molar refractivity (Wildman–Crippen MR) is 115 cm³/mol. The quantitative estimate of drug-likeness (QED) is 0.701. The van der Waals surface area contributed by atoms with Gasteiger partial charge in [0, 0.05) is 55.5 Å². The topological polar surface area (TPSA) is 72.3 Å². The van der Waals surface area contributed by atoms with Gasteiger partial charge in [0.2, 0.25) is 0 Å². The molecule has 30 heavy (non-hydrogen) atoms. The van der Waals surface area contributed by atoms with Crippen molar-refractivity contribution >= 4 is 6.03 Å². The number of methoxy groups -OCH3 is 1. The van der Waals surface area contributed by atoms with E-state index in [0.29, 0.717) is 12.6 Å². The Labute approximate surface area is 176 Å². The number of imidazole rings is 1. The smallest absolute Gasteiger partial charge is 0.317 e. The summed E-state index contributed by atoms with van der Waals surface area (Å²) in [5, 5.41) is 3.02. The number of aromatic nitrogens is 3. The van der Waals surface area contributed by atoms with Crippen LogP contribution in [0.25, 0.3) is 11.4 Å². The summed E-state index contributed by atoms with van der Waals surface area (Å²) < 4.78 is 7.47. The van der Waals surface area contributed by atoms with E-state index in [4.69, 9.17) is 4.74 Å². The van der Waals surface area contributed by atoms with Gasteiger partial charge in [0.15, 0.2) is 0 Å². The molecule has 2 aromatic heterocycles. The molecule has 2 amide bonds. The van der Waals surface area contributed by atoms with Crippen LogP contribution in [-0.4, -0.2) is 45.7 Å². The molecule has 0 aliphatic carbocycles. The van der Waals surface area contributed by atoms with E-state index in [1.807, 2.05) is 53.7 Å². The lowest BCUT2D eigenvalue weighted by atomic mass is 10.0.